The smallest absolute Gasteiger partial charge is 0.244 e. The van der Waals surface area contributed by atoms with Crippen molar-refractivity contribution >= 4 is 10.0 Å². The van der Waals surface area contributed by atoms with Gasteiger partial charge in [-0.25, -0.2) is 22.2 Å². The van der Waals surface area contributed by atoms with Gasteiger partial charge < -0.3 is 5.73 Å². The maximum atomic E-state index is 13.8. The van der Waals surface area contributed by atoms with Gasteiger partial charge in [0.15, 0.2) is 0 Å². The molecule has 2 aromatic rings. The molecule has 0 saturated carbocycles. The topological polar surface area (TPSA) is 90.0 Å². The molecule has 3 N–H and O–H groups in total. The van der Waals surface area contributed by atoms with Crippen molar-refractivity contribution < 1.29 is 12.8 Å². The third-order valence-corrected chi connectivity index (χ3v) is 5.25. The zero-order chi connectivity index (χ0) is 18.0. The second kappa shape index (κ2) is 7.00. The molecule has 0 aliphatic rings. The zero-order valence-electron chi connectivity index (χ0n) is 14.0. The normalized spacial score (nSPS) is 14.8. The van der Waals surface area contributed by atoms with Crippen LogP contribution in [0.3, 0.4) is 0 Å². The van der Waals surface area contributed by atoms with E-state index in [0.29, 0.717) is 6.42 Å². The molecule has 0 amide bonds. The lowest BCUT2D eigenvalue weighted by Crippen LogP contribution is -2.51. The van der Waals surface area contributed by atoms with E-state index in [-0.39, 0.29) is 23.0 Å². The third-order valence-electron chi connectivity index (χ3n) is 3.66. The standard InChI is InChI=1S/C16H23FN4O2S/c1-12(2)8-16(3,11-18)20-24(22,23)13-9-19-21(10-13)15-7-5-4-6-14(15)17/h4-7,9-10,12,20H,8,11,18H2,1-3H3. The first-order valence-electron chi connectivity index (χ1n) is 7.70. The maximum absolute atomic E-state index is 13.8. The number of benzene rings is 1. The first kappa shape index (κ1) is 18.6. The fourth-order valence-corrected chi connectivity index (χ4v) is 4.02. The van der Waals surface area contributed by atoms with Gasteiger partial charge in [-0.3, -0.25) is 0 Å². The van der Waals surface area contributed by atoms with Gasteiger partial charge in [-0.15, -0.1) is 0 Å². The summed E-state index contributed by atoms with van der Waals surface area (Å²) in [6.45, 7) is 5.94. The van der Waals surface area contributed by atoms with Gasteiger partial charge in [0.2, 0.25) is 10.0 Å². The minimum absolute atomic E-state index is 0.0332. The second-order valence-electron chi connectivity index (χ2n) is 6.54. The summed E-state index contributed by atoms with van der Waals surface area (Å²) in [5, 5.41) is 3.96. The average Bonchev–Trinajstić information content (AvgIpc) is 2.97. The van der Waals surface area contributed by atoms with Crippen molar-refractivity contribution in [3.05, 3.63) is 42.5 Å². The summed E-state index contributed by atoms with van der Waals surface area (Å²) in [5.74, 6) is -0.202. The molecular formula is C16H23FN4O2S. The average molecular weight is 354 g/mol. The van der Waals surface area contributed by atoms with Crippen LogP contribution in [0.1, 0.15) is 27.2 Å². The lowest BCUT2D eigenvalue weighted by atomic mass is 9.92. The highest BCUT2D eigenvalue weighted by Crippen LogP contribution is 2.20. The van der Waals surface area contributed by atoms with E-state index in [4.69, 9.17) is 5.73 Å². The van der Waals surface area contributed by atoms with Crippen LogP contribution in [-0.4, -0.2) is 30.3 Å². The molecule has 24 heavy (non-hydrogen) atoms. The van der Waals surface area contributed by atoms with Gasteiger partial charge in [-0.05, 0) is 31.4 Å². The minimum Gasteiger partial charge on any atom is -0.329 e. The van der Waals surface area contributed by atoms with E-state index in [2.05, 4.69) is 9.82 Å². The van der Waals surface area contributed by atoms with E-state index in [1.165, 1.54) is 29.2 Å². The Morgan fingerprint density at radius 3 is 2.62 bits per heavy atom. The molecule has 0 bridgehead atoms. The summed E-state index contributed by atoms with van der Waals surface area (Å²) >= 11 is 0. The lowest BCUT2D eigenvalue weighted by Gasteiger charge is -2.30. The molecule has 0 radical (unpaired) electrons. The molecule has 1 aromatic carbocycles. The minimum atomic E-state index is -3.81. The number of nitrogens with zero attached hydrogens (tertiary/aromatic N) is 2. The van der Waals surface area contributed by atoms with E-state index in [1.807, 2.05) is 13.8 Å². The first-order valence-corrected chi connectivity index (χ1v) is 9.19. The Morgan fingerprint density at radius 2 is 2.04 bits per heavy atom. The van der Waals surface area contributed by atoms with Crippen LogP contribution in [-0.2, 0) is 10.0 Å². The number of para-hydroxylation sites is 1. The number of hydrogen-bond donors (Lipinski definition) is 2. The van der Waals surface area contributed by atoms with Gasteiger partial charge in [0.05, 0.1) is 12.4 Å². The van der Waals surface area contributed by atoms with Crippen molar-refractivity contribution in [2.75, 3.05) is 6.54 Å². The summed E-state index contributed by atoms with van der Waals surface area (Å²) in [6, 6.07) is 6.02. The molecule has 6 nitrogen and oxygen atoms in total. The summed E-state index contributed by atoms with van der Waals surface area (Å²) in [5.41, 5.74) is 5.19. The van der Waals surface area contributed by atoms with Crippen LogP contribution in [0.4, 0.5) is 4.39 Å². The lowest BCUT2D eigenvalue weighted by molar-refractivity contribution is 0.344. The second-order valence-corrected chi connectivity index (χ2v) is 8.22. The molecule has 132 valence electrons. The van der Waals surface area contributed by atoms with Gasteiger partial charge in [0, 0.05) is 12.1 Å². The number of aromatic nitrogens is 2. The first-order chi connectivity index (χ1) is 11.2. The van der Waals surface area contributed by atoms with Crippen molar-refractivity contribution in [2.24, 2.45) is 11.7 Å². The van der Waals surface area contributed by atoms with Crippen LogP contribution in [0.15, 0.2) is 41.6 Å². The Bertz CT molecular complexity index is 804. The Morgan fingerprint density at radius 1 is 1.38 bits per heavy atom. The van der Waals surface area contributed by atoms with Crippen molar-refractivity contribution in [2.45, 2.75) is 37.6 Å². The summed E-state index contributed by atoms with van der Waals surface area (Å²) in [4.78, 5) is -0.0332. The molecule has 1 unspecified atom stereocenters. The monoisotopic (exact) mass is 354 g/mol. The predicted octanol–water partition coefficient (Wildman–Crippen LogP) is 2.05. The van der Waals surface area contributed by atoms with Crippen LogP contribution in [0.5, 0.6) is 0 Å². The van der Waals surface area contributed by atoms with Crippen molar-refractivity contribution in [1.82, 2.24) is 14.5 Å². The van der Waals surface area contributed by atoms with Crippen LogP contribution < -0.4 is 10.5 Å². The quantitative estimate of drug-likeness (QED) is 0.796. The van der Waals surface area contributed by atoms with Gasteiger partial charge in [0.25, 0.3) is 0 Å². The van der Waals surface area contributed by atoms with E-state index in [0.717, 1.165) is 0 Å². The predicted molar refractivity (Wildman–Crippen MR) is 90.8 cm³/mol. The van der Waals surface area contributed by atoms with Crippen LogP contribution in [0.25, 0.3) is 5.69 Å². The highest BCUT2D eigenvalue weighted by atomic mass is 32.2. The fraction of sp³-hybridized carbons (Fsp3) is 0.438. The molecule has 0 saturated heterocycles. The number of sulfonamides is 1. The van der Waals surface area contributed by atoms with Crippen LogP contribution in [0.2, 0.25) is 0 Å². The molecule has 1 heterocycles. The Balaban J connectivity index is 2.30. The fourth-order valence-electron chi connectivity index (χ4n) is 2.67. The number of hydrogen-bond acceptors (Lipinski definition) is 4. The molecule has 0 aliphatic heterocycles. The molecule has 2 rings (SSSR count). The number of rotatable bonds is 7. The Kier molecular flexibility index (Phi) is 5.42. The van der Waals surface area contributed by atoms with Gasteiger partial charge in [-0.1, -0.05) is 26.0 Å². The Labute approximate surface area is 141 Å². The van der Waals surface area contributed by atoms with Gasteiger partial charge >= 0.3 is 0 Å². The van der Waals surface area contributed by atoms with Crippen molar-refractivity contribution in [3.63, 3.8) is 0 Å². The largest absolute Gasteiger partial charge is 0.329 e. The molecule has 8 heteroatoms. The van der Waals surface area contributed by atoms with Crippen molar-refractivity contribution in [1.29, 1.82) is 0 Å². The highest BCUT2D eigenvalue weighted by Gasteiger charge is 2.31. The van der Waals surface area contributed by atoms with Crippen molar-refractivity contribution in [3.8, 4) is 5.69 Å². The molecule has 0 fully saturated rings. The zero-order valence-corrected chi connectivity index (χ0v) is 14.8. The third kappa shape index (κ3) is 4.19. The molecule has 0 aliphatic carbocycles. The van der Waals surface area contributed by atoms with E-state index in [1.54, 1.807) is 19.1 Å². The number of nitrogens with one attached hydrogen (secondary N) is 1. The summed E-state index contributed by atoms with van der Waals surface area (Å²) in [7, 11) is -3.81. The molecule has 0 spiro atoms. The number of halogens is 1. The SMILES string of the molecule is CC(C)CC(C)(CN)NS(=O)(=O)c1cnn(-c2ccccc2F)c1. The van der Waals surface area contributed by atoms with E-state index >= 15 is 0 Å². The van der Waals surface area contributed by atoms with Crippen LogP contribution in [0, 0.1) is 11.7 Å². The summed E-state index contributed by atoms with van der Waals surface area (Å²) in [6.07, 6.45) is 3.08. The van der Waals surface area contributed by atoms with E-state index in [9.17, 15) is 12.8 Å². The molecule has 1 aromatic heterocycles. The summed E-state index contributed by atoms with van der Waals surface area (Å²) < 4.78 is 42.9. The van der Waals surface area contributed by atoms with Gasteiger partial charge in [-0.2, -0.15) is 5.10 Å². The highest BCUT2D eigenvalue weighted by molar-refractivity contribution is 7.89. The van der Waals surface area contributed by atoms with Gasteiger partial charge in [0.1, 0.15) is 16.4 Å². The van der Waals surface area contributed by atoms with Crippen LogP contribution >= 0.6 is 0 Å². The molecular weight excluding hydrogens is 331 g/mol. The molecule has 1 atom stereocenters. The Hall–Kier alpha value is -1.77. The number of nitrogens with two attached hydrogens (primary N) is 1. The maximum Gasteiger partial charge on any atom is 0.244 e. The van der Waals surface area contributed by atoms with E-state index < -0.39 is 21.4 Å².